The second kappa shape index (κ2) is 12.5. The Morgan fingerprint density at radius 2 is 1.13 bits per heavy atom. The zero-order valence-corrected chi connectivity index (χ0v) is 24.8. The van der Waals surface area contributed by atoms with Gasteiger partial charge in [0.25, 0.3) is 0 Å². The summed E-state index contributed by atoms with van der Waals surface area (Å²) in [7, 11) is -1.27. The monoisotopic (exact) mass is 553 g/mol. The van der Waals surface area contributed by atoms with Gasteiger partial charge in [0.2, 0.25) is 0 Å². The van der Waals surface area contributed by atoms with E-state index < -0.39 is 21.4 Å². The van der Waals surface area contributed by atoms with E-state index >= 15 is 0 Å². The van der Waals surface area contributed by atoms with Crippen molar-refractivity contribution in [3.8, 4) is 0 Å². The summed E-state index contributed by atoms with van der Waals surface area (Å²) in [5.74, 6) is 0. The van der Waals surface area contributed by atoms with Gasteiger partial charge in [-0.15, -0.1) is 0 Å². The van der Waals surface area contributed by atoms with Gasteiger partial charge in [0.05, 0.1) is 0 Å². The lowest BCUT2D eigenvalue weighted by Crippen LogP contribution is -2.42. The third kappa shape index (κ3) is 6.96. The number of carbonyl (C=O) groups excluding carboxylic acids is 1. The highest BCUT2D eigenvalue weighted by molar-refractivity contribution is 7.74. The molecule has 5 heteroatoms. The van der Waals surface area contributed by atoms with Gasteiger partial charge in [0, 0.05) is 18.2 Å². The topological polar surface area (TPSA) is 29.5 Å². The number of ether oxygens (including phenoxy) is 1. The molecule has 0 spiro atoms. The highest BCUT2D eigenvalue weighted by Gasteiger charge is 2.42. The minimum absolute atomic E-state index is 0.105. The SMILES string of the molecule is CC(C)(C)OC(=O)N1CC(P(c2ccccc2)c2ccccc2)C[C@H]1CP(c1ccccc1)c1ccccc1. The van der Waals surface area contributed by atoms with Gasteiger partial charge in [0.15, 0.2) is 0 Å². The van der Waals surface area contributed by atoms with E-state index in [1.165, 1.54) is 21.2 Å². The van der Waals surface area contributed by atoms with Crippen LogP contribution in [0, 0.1) is 0 Å². The van der Waals surface area contributed by atoms with E-state index in [-0.39, 0.29) is 12.1 Å². The molecule has 4 aromatic carbocycles. The molecule has 1 aliphatic heterocycles. The molecular formula is C34H37NO2P2. The molecule has 0 aliphatic carbocycles. The van der Waals surface area contributed by atoms with Gasteiger partial charge in [-0.3, -0.25) is 0 Å². The number of hydrogen-bond donors (Lipinski definition) is 0. The van der Waals surface area contributed by atoms with Crippen molar-refractivity contribution in [3.05, 3.63) is 121 Å². The highest BCUT2D eigenvalue weighted by atomic mass is 31.1. The number of likely N-dealkylation sites (tertiary alicyclic amines) is 1. The average Bonchev–Trinajstić information content (AvgIpc) is 3.36. The third-order valence-electron chi connectivity index (χ3n) is 6.98. The maximum absolute atomic E-state index is 13.7. The Bertz CT molecular complexity index is 1250. The van der Waals surface area contributed by atoms with Crippen LogP contribution in [0.3, 0.4) is 0 Å². The Kier molecular flexibility index (Phi) is 8.81. The van der Waals surface area contributed by atoms with Crippen molar-refractivity contribution in [1.29, 1.82) is 0 Å². The number of nitrogens with zero attached hydrogens (tertiary/aromatic N) is 1. The van der Waals surface area contributed by atoms with Crippen LogP contribution in [0.5, 0.6) is 0 Å². The van der Waals surface area contributed by atoms with Crippen LogP contribution in [-0.2, 0) is 4.74 Å². The summed E-state index contributed by atoms with van der Waals surface area (Å²) in [4.78, 5) is 15.7. The molecule has 0 aromatic heterocycles. The van der Waals surface area contributed by atoms with Gasteiger partial charge in [-0.2, -0.15) is 0 Å². The molecule has 0 saturated carbocycles. The lowest BCUT2D eigenvalue weighted by molar-refractivity contribution is 0.0242. The van der Waals surface area contributed by atoms with E-state index in [0.717, 1.165) is 12.6 Å². The van der Waals surface area contributed by atoms with Crippen molar-refractivity contribution in [1.82, 2.24) is 4.90 Å². The molecule has 4 aromatic rings. The predicted octanol–water partition coefficient (Wildman–Crippen LogP) is 6.63. The fourth-order valence-electron chi connectivity index (χ4n) is 5.33. The molecule has 2 atom stereocenters. The van der Waals surface area contributed by atoms with Gasteiger partial charge in [-0.05, 0) is 70.4 Å². The molecular weight excluding hydrogens is 516 g/mol. The van der Waals surface area contributed by atoms with Crippen molar-refractivity contribution in [2.24, 2.45) is 0 Å². The van der Waals surface area contributed by atoms with Gasteiger partial charge >= 0.3 is 6.09 Å². The summed E-state index contributed by atoms with van der Waals surface area (Å²) < 4.78 is 5.99. The van der Waals surface area contributed by atoms with Crippen LogP contribution in [0.15, 0.2) is 121 Å². The van der Waals surface area contributed by atoms with Crippen LogP contribution in [0.1, 0.15) is 27.2 Å². The number of amides is 1. The van der Waals surface area contributed by atoms with Crippen LogP contribution in [0.2, 0.25) is 0 Å². The average molecular weight is 554 g/mol. The molecule has 1 saturated heterocycles. The van der Waals surface area contributed by atoms with Crippen molar-refractivity contribution >= 4 is 43.2 Å². The largest absolute Gasteiger partial charge is 0.444 e. The van der Waals surface area contributed by atoms with E-state index in [0.29, 0.717) is 12.2 Å². The first-order valence-corrected chi connectivity index (χ1v) is 16.6. The molecule has 0 radical (unpaired) electrons. The first-order valence-electron chi connectivity index (χ1n) is 13.7. The molecule has 1 aliphatic rings. The molecule has 1 unspecified atom stereocenters. The number of carbonyl (C=O) groups is 1. The highest BCUT2D eigenvalue weighted by Crippen LogP contribution is 2.48. The Hall–Kier alpha value is -2.99. The standard InChI is InChI=1S/C34H37NO2P2/c1-34(2,3)37-33(36)35-25-32(39(30-20-12-6-13-21-30)31-22-14-7-15-23-31)24-27(35)26-38(28-16-8-4-9-17-28)29-18-10-5-11-19-29/h4-23,27,32H,24-26H2,1-3H3/t27-,32?/m0/s1. The van der Waals surface area contributed by atoms with Gasteiger partial charge < -0.3 is 9.64 Å². The number of rotatable bonds is 7. The predicted molar refractivity (Wildman–Crippen MR) is 168 cm³/mol. The third-order valence-corrected chi connectivity index (χ3v) is 12.4. The minimum atomic E-state index is -0.639. The zero-order chi connectivity index (χ0) is 27.2. The second-order valence-corrected chi connectivity index (χ2v) is 15.8. The van der Waals surface area contributed by atoms with Crippen LogP contribution in [0.4, 0.5) is 4.79 Å². The Labute approximate surface area is 235 Å². The minimum Gasteiger partial charge on any atom is -0.444 e. The molecule has 0 bridgehead atoms. The van der Waals surface area contributed by atoms with Crippen LogP contribution >= 0.6 is 15.8 Å². The normalized spacial score (nSPS) is 17.5. The fraction of sp³-hybridized carbons (Fsp3) is 0.265. The van der Waals surface area contributed by atoms with E-state index in [1.807, 2.05) is 20.8 Å². The quantitative estimate of drug-likeness (QED) is 0.241. The van der Waals surface area contributed by atoms with Gasteiger partial charge in [-0.25, -0.2) is 4.79 Å². The molecule has 0 N–H and O–H groups in total. The van der Waals surface area contributed by atoms with Crippen molar-refractivity contribution in [2.75, 3.05) is 12.7 Å². The zero-order valence-electron chi connectivity index (χ0n) is 23.0. The first-order chi connectivity index (χ1) is 18.9. The molecule has 1 heterocycles. The molecule has 3 nitrogen and oxygen atoms in total. The lowest BCUT2D eigenvalue weighted by Gasteiger charge is -2.31. The maximum atomic E-state index is 13.7. The summed E-state index contributed by atoms with van der Waals surface area (Å²) in [6, 6.07) is 43.4. The molecule has 5 rings (SSSR count). The van der Waals surface area contributed by atoms with Crippen LogP contribution in [0.25, 0.3) is 0 Å². The molecule has 1 amide bonds. The van der Waals surface area contributed by atoms with Gasteiger partial charge in [-0.1, -0.05) is 121 Å². The Balaban J connectivity index is 1.51. The number of hydrogen-bond acceptors (Lipinski definition) is 2. The summed E-state index contributed by atoms with van der Waals surface area (Å²) in [6.45, 7) is 6.57. The van der Waals surface area contributed by atoms with E-state index in [4.69, 9.17) is 4.74 Å². The van der Waals surface area contributed by atoms with Crippen molar-refractivity contribution in [2.45, 2.75) is 44.5 Å². The van der Waals surface area contributed by atoms with Crippen LogP contribution in [-0.4, -0.2) is 41.0 Å². The summed E-state index contributed by atoms with van der Waals surface area (Å²) in [5.41, 5.74) is -0.182. The smallest absolute Gasteiger partial charge is 0.410 e. The summed E-state index contributed by atoms with van der Waals surface area (Å²) >= 11 is 0. The second-order valence-electron chi connectivity index (χ2n) is 11.0. The fourth-order valence-corrected chi connectivity index (χ4v) is 10.8. The van der Waals surface area contributed by atoms with E-state index in [9.17, 15) is 4.79 Å². The molecule has 39 heavy (non-hydrogen) atoms. The molecule has 1 fully saturated rings. The van der Waals surface area contributed by atoms with Crippen molar-refractivity contribution in [3.63, 3.8) is 0 Å². The summed E-state index contributed by atoms with van der Waals surface area (Å²) in [6.07, 6.45) is 1.70. The molecule has 200 valence electrons. The Morgan fingerprint density at radius 1 is 0.718 bits per heavy atom. The lowest BCUT2D eigenvalue weighted by atomic mass is 10.2. The first kappa shape index (κ1) is 27.6. The van der Waals surface area contributed by atoms with Crippen molar-refractivity contribution < 1.29 is 9.53 Å². The number of benzene rings is 4. The van der Waals surface area contributed by atoms with E-state index in [1.54, 1.807) is 0 Å². The van der Waals surface area contributed by atoms with Crippen LogP contribution < -0.4 is 21.2 Å². The maximum Gasteiger partial charge on any atom is 0.410 e. The summed E-state index contributed by atoms with van der Waals surface area (Å²) in [5, 5.41) is 5.42. The van der Waals surface area contributed by atoms with Gasteiger partial charge in [0.1, 0.15) is 5.60 Å². The van der Waals surface area contributed by atoms with E-state index in [2.05, 4.69) is 126 Å². The Morgan fingerprint density at radius 3 is 1.54 bits per heavy atom.